The van der Waals surface area contributed by atoms with Gasteiger partial charge in [-0.25, -0.2) is 0 Å². The van der Waals surface area contributed by atoms with E-state index >= 15 is 0 Å². The molecule has 0 N–H and O–H groups in total. The second-order valence-corrected chi connectivity index (χ2v) is 8.34. The van der Waals surface area contributed by atoms with Gasteiger partial charge in [0.2, 0.25) is 11.8 Å². The molecule has 0 saturated carbocycles. The van der Waals surface area contributed by atoms with E-state index in [1.165, 1.54) is 0 Å². The Balaban J connectivity index is 1.44. The maximum absolute atomic E-state index is 13.0. The van der Waals surface area contributed by atoms with Gasteiger partial charge in [0.25, 0.3) is 0 Å². The van der Waals surface area contributed by atoms with Gasteiger partial charge in [-0.15, -0.1) is 0 Å². The van der Waals surface area contributed by atoms with Crippen LogP contribution in [0.3, 0.4) is 0 Å². The maximum Gasteiger partial charge on any atom is 0.245 e. The van der Waals surface area contributed by atoms with Crippen molar-refractivity contribution in [2.75, 3.05) is 19.6 Å². The normalized spacial score (nSPS) is 20.0. The van der Waals surface area contributed by atoms with Crippen molar-refractivity contribution in [3.8, 4) is 11.3 Å². The SMILES string of the molecule is CCc1onc(C)c1-c1cccc(C2CCN(C(=O)C3CCCN3C(C)=O)CC2)n1. The fourth-order valence-corrected chi connectivity index (χ4v) is 4.81. The fourth-order valence-electron chi connectivity index (χ4n) is 4.81. The number of aryl methyl sites for hydroxylation is 2. The summed E-state index contributed by atoms with van der Waals surface area (Å²) in [5.41, 5.74) is 3.83. The highest BCUT2D eigenvalue weighted by molar-refractivity contribution is 5.87. The lowest BCUT2D eigenvalue weighted by Gasteiger charge is -2.35. The molecule has 2 aliphatic rings. The minimum atomic E-state index is -0.274. The summed E-state index contributed by atoms with van der Waals surface area (Å²) in [7, 11) is 0. The van der Waals surface area contributed by atoms with Crippen LogP contribution in [0.15, 0.2) is 22.7 Å². The summed E-state index contributed by atoms with van der Waals surface area (Å²) >= 11 is 0. The van der Waals surface area contributed by atoms with Gasteiger partial charge in [-0.3, -0.25) is 14.6 Å². The molecule has 2 aliphatic heterocycles. The van der Waals surface area contributed by atoms with Crippen LogP contribution >= 0.6 is 0 Å². The van der Waals surface area contributed by atoms with Gasteiger partial charge in [-0.2, -0.15) is 0 Å². The highest BCUT2D eigenvalue weighted by Crippen LogP contribution is 2.32. The summed E-state index contributed by atoms with van der Waals surface area (Å²) < 4.78 is 5.44. The minimum absolute atomic E-state index is 0.00257. The molecule has 0 spiro atoms. The van der Waals surface area contributed by atoms with Gasteiger partial charge in [-0.1, -0.05) is 18.1 Å². The highest BCUT2D eigenvalue weighted by atomic mass is 16.5. The van der Waals surface area contributed by atoms with Crippen molar-refractivity contribution in [2.24, 2.45) is 0 Å². The second kappa shape index (κ2) is 8.58. The third-order valence-electron chi connectivity index (χ3n) is 6.45. The first kappa shape index (κ1) is 20.6. The highest BCUT2D eigenvalue weighted by Gasteiger charge is 2.36. The number of pyridine rings is 1. The number of likely N-dealkylation sites (tertiary alicyclic amines) is 2. The van der Waals surface area contributed by atoms with Gasteiger partial charge in [0.15, 0.2) is 0 Å². The molecule has 7 heteroatoms. The van der Waals surface area contributed by atoms with E-state index in [9.17, 15) is 9.59 Å². The first-order valence-electron chi connectivity index (χ1n) is 11.0. The standard InChI is InChI=1S/C23H30N4O3/c1-4-21-22(15(2)25-30-21)19-8-5-7-18(24-19)17-10-13-26(14-11-17)23(29)20-9-6-12-27(20)16(3)28/h5,7-8,17,20H,4,6,9-14H2,1-3H3. The van der Waals surface area contributed by atoms with Crippen LogP contribution in [-0.2, 0) is 16.0 Å². The number of carbonyl (C=O) groups is 2. The van der Waals surface area contributed by atoms with Crippen molar-refractivity contribution in [1.29, 1.82) is 0 Å². The Morgan fingerprint density at radius 3 is 2.63 bits per heavy atom. The van der Waals surface area contributed by atoms with Gasteiger partial charge >= 0.3 is 0 Å². The van der Waals surface area contributed by atoms with Crippen LogP contribution in [0.5, 0.6) is 0 Å². The van der Waals surface area contributed by atoms with E-state index < -0.39 is 0 Å². The monoisotopic (exact) mass is 410 g/mol. The van der Waals surface area contributed by atoms with Crippen molar-refractivity contribution in [1.82, 2.24) is 19.9 Å². The molecule has 160 valence electrons. The Morgan fingerprint density at radius 2 is 1.93 bits per heavy atom. The predicted octanol–water partition coefficient (Wildman–Crippen LogP) is 3.32. The molecule has 0 bridgehead atoms. The number of hydrogen-bond acceptors (Lipinski definition) is 5. The molecule has 2 aromatic heterocycles. The molecular formula is C23H30N4O3. The Labute approximate surface area is 177 Å². The largest absolute Gasteiger partial charge is 0.360 e. The summed E-state index contributed by atoms with van der Waals surface area (Å²) in [6.45, 7) is 7.67. The zero-order valence-electron chi connectivity index (χ0n) is 18.1. The summed E-state index contributed by atoms with van der Waals surface area (Å²) in [6, 6.07) is 5.86. The molecule has 1 atom stereocenters. The Hall–Kier alpha value is -2.70. The van der Waals surface area contributed by atoms with Crippen LogP contribution < -0.4 is 0 Å². The van der Waals surface area contributed by atoms with Gasteiger partial charge in [0, 0.05) is 44.6 Å². The minimum Gasteiger partial charge on any atom is -0.360 e. The molecule has 4 rings (SSSR count). The zero-order chi connectivity index (χ0) is 21.3. The van der Waals surface area contributed by atoms with E-state index in [4.69, 9.17) is 9.51 Å². The average Bonchev–Trinajstić information content (AvgIpc) is 3.40. The molecule has 30 heavy (non-hydrogen) atoms. The quantitative estimate of drug-likeness (QED) is 0.772. The lowest BCUT2D eigenvalue weighted by molar-refractivity contribution is -0.143. The van der Waals surface area contributed by atoms with E-state index in [1.807, 2.05) is 24.0 Å². The Morgan fingerprint density at radius 1 is 1.17 bits per heavy atom. The molecule has 0 radical (unpaired) electrons. The number of amides is 2. The Bertz CT molecular complexity index is 930. The lowest BCUT2D eigenvalue weighted by Crippen LogP contribution is -2.49. The van der Waals surface area contributed by atoms with Crippen LogP contribution in [0.4, 0.5) is 0 Å². The molecule has 2 fully saturated rings. The second-order valence-electron chi connectivity index (χ2n) is 8.34. The summed E-state index contributed by atoms with van der Waals surface area (Å²) in [4.78, 5) is 33.4. The van der Waals surface area contributed by atoms with E-state index in [2.05, 4.69) is 18.1 Å². The number of piperidine rings is 1. The van der Waals surface area contributed by atoms with Crippen LogP contribution in [-0.4, -0.2) is 57.4 Å². The number of aromatic nitrogens is 2. The van der Waals surface area contributed by atoms with Crippen molar-refractivity contribution in [2.45, 2.75) is 64.8 Å². The van der Waals surface area contributed by atoms with Crippen molar-refractivity contribution >= 4 is 11.8 Å². The van der Waals surface area contributed by atoms with E-state index in [0.717, 1.165) is 60.5 Å². The third kappa shape index (κ3) is 3.85. The van der Waals surface area contributed by atoms with E-state index in [0.29, 0.717) is 25.6 Å². The fraction of sp³-hybridized carbons (Fsp3) is 0.565. The molecule has 7 nitrogen and oxygen atoms in total. The predicted molar refractivity (Wildman–Crippen MR) is 113 cm³/mol. The first-order chi connectivity index (χ1) is 14.5. The maximum atomic E-state index is 13.0. The smallest absolute Gasteiger partial charge is 0.245 e. The van der Waals surface area contributed by atoms with Crippen LogP contribution in [0.25, 0.3) is 11.3 Å². The van der Waals surface area contributed by atoms with E-state index in [-0.39, 0.29) is 17.9 Å². The zero-order valence-corrected chi connectivity index (χ0v) is 18.1. The van der Waals surface area contributed by atoms with Gasteiger partial charge < -0.3 is 14.3 Å². The van der Waals surface area contributed by atoms with Crippen LogP contribution in [0, 0.1) is 6.92 Å². The van der Waals surface area contributed by atoms with Gasteiger partial charge in [0.1, 0.15) is 11.8 Å². The third-order valence-corrected chi connectivity index (χ3v) is 6.45. The van der Waals surface area contributed by atoms with Crippen molar-refractivity contribution in [3.05, 3.63) is 35.3 Å². The molecule has 2 saturated heterocycles. The van der Waals surface area contributed by atoms with E-state index in [1.54, 1.807) is 11.8 Å². The number of hydrogen-bond donors (Lipinski definition) is 0. The number of rotatable bonds is 4. The Kier molecular flexibility index (Phi) is 5.88. The van der Waals surface area contributed by atoms with Gasteiger partial charge in [-0.05, 0) is 44.7 Å². The van der Waals surface area contributed by atoms with Crippen molar-refractivity contribution in [3.63, 3.8) is 0 Å². The topological polar surface area (TPSA) is 79.5 Å². The molecule has 2 aromatic rings. The van der Waals surface area contributed by atoms with Crippen molar-refractivity contribution < 1.29 is 14.1 Å². The molecule has 0 aromatic carbocycles. The van der Waals surface area contributed by atoms with Crippen LogP contribution in [0.1, 0.15) is 62.6 Å². The summed E-state index contributed by atoms with van der Waals surface area (Å²) in [6.07, 6.45) is 4.24. The van der Waals surface area contributed by atoms with Crippen LogP contribution in [0.2, 0.25) is 0 Å². The molecular weight excluding hydrogens is 380 g/mol. The molecule has 1 unspecified atom stereocenters. The molecule has 4 heterocycles. The van der Waals surface area contributed by atoms with Gasteiger partial charge in [0.05, 0.1) is 17.0 Å². The average molecular weight is 411 g/mol. The number of nitrogens with zero attached hydrogens (tertiary/aromatic N) is 4. The molecule has 0 aliphatic carbocycles. The lowest BCUT2D eigenvalue weighted by atomic mass is 9.92. The number of carbonyl (C=O) groups excluding carboxylic acids is 2. The molecule has 2 amide bonds. The summed E-state index contributed by atoms with van der Waals surface area (Å²) in [5, 5.41) is 4.10. The first-order valence-corrected chi connectivity index (χ1v) is 11.0. The summed E-state index contributed by atoms with van der Waals surface area (Å²) in [5.74, 6) is 1.30.